The van der Waals surface area contributed by atoms with Gasteiger partial charge >= 0.3 is 0 Å². The van der Waals surface area contributed by atoms with Gasteiger partial charge in [0.05, 0.1) is 0 Å². The Kier molecular flexibility index (Phi) is 6.62. The van der Waals surface area contributed by atoms with Crippen LogP contribution in [0.1, 0.15) is 52.1 Å². The van der Waals surface area contributed by atoms with Gasteiger partial charge in [0.25, 0.3) is 5.91 Å². The van der Waals surface area contributed by atoms with Crippen LogP contribution in [-0.2, 0) is 4.79 Å². The molecular formula is C16H25FN2O2. The Morgan fingerprint density at radius 1 is 1.38 bits per heavy atom. The molecule has 21 heavy (non-hydrogen) atoms. The van der Waals surface area contributed by atoms with Gasteiger partial charge in [0, 0.05) is 12.1 Å². The van der Waals surface area contributed by atoms with Crippen molar-refractivity contribution in [3.8, 4) is 5.75 Å². The highest BCUT2D eigenvalue weighted by Crippen LogP contribution is 2.22. The highest BCUT2D eigenvalue weighted by Gasteiger charge is 2.18. The van der Waals surface area contributed by atoms with Crippen molar-refractivity contribution in [3.63, 3.8) is 0 Å². The third-order valence-corrected chi connectivity index (χ3v) is 3.27. The molecule has 1 rings (SSSR count). The van der Waals surface area contributed by atoms with Gasteiger partial charge in [-0.05, 0) is 44.9 Å². The quantitative estimate of drug-likeness (QED) is 0.813. The van der Waals surface area contributed by atoms with Gasteiger partial charge in [-0.25, -0.2) is 4.39 Å². The summed E-state index contributed by atoms with van der Waals surface area (Å²) in [5.41, 5.74) is 6.38. The van der Waals surface area contributed by atoms with E-state index in [1.807, 2.05) is 6.92 Å². The molecule has 3 N–H and O–H groups in total. The first-order valence-corrected chi connectivity index (χ1v) is 7.37. The fourth-order valence-corrected chi connectivity index (χ4v) is 2.01. The van der Waals surface area contributed by atoms with Gasteiger partial charge in [-0.3, -0.25) is 4.79 Å². The molecule has 0 heterocycles. The van der Waals surface area contributed by atoms with Crippen LogP contribution >= 0.6 is 0 Å². The number of carbonyl (C=O) groups excluding carboxylic acids is 1. The largest absolute Gasteiger partial charge is 0.478 e. The molecule has 0 fully saturated rings. The van der Waals surface area contributed by atoms with E-state index in [1.165, 1.54) is 12.1 Å². The van der Waals surface area contributed by atoms with Crippen molar-refractivity contribution in [2.75, 3.05) is 0 Å². The van der Waals surface area contributed by atoms with E-state index in [9.17, 15) is 9.18 Å². The van der Waals surface area contributed by atoms with Crippen LogP contribution in [-0.4, -0.2) is 18.1 Å². The van der Waals surface area contributed by atoms with Gasteiger partial charge < -0.3 is 15.8 Å². The van der Waals surface area contributed by atoms with Gasteiger partial charge in [0.15, 0.2) is 17.7 Å². The first kappa shape index (κ1) is 17.4. The number of halogens is 1. The molecule has 1 aromatic rings. The number of benzene rings is 1. The number of nitrogens with one attached hydrogen (secondary N) is 1. The van der Waals surface area contributed by atoms with E-state index in [4.69, 9.17) is 10.5 Å². The second kappa shape index (κ2) is 7.98. The van der Waals surface area contributed by atoms with E-state index in [-0.39, 0.29) is 23.7 Å². The van der Waals surface area contributed by atoms with Crippen LogP contribution in [0.2, 0.25) is 0 Å². The lowest BCUT2D eigenvalue weighted by Gasteiger charge is -2.19. The highest BCUT2D eigenvalue weighted by atomic mass is 19.1. The third-order valence-electron chi connectivity index (χ3n) is 3.27. The first-order chi connectivity index (χ1) is 9.85. The van der Waals surface area contributed by atoms with Crippen molar-refractivity contribution in [2.45, 2.75) is 58.7 Å². The summed E-state index contributed by atoms with van der Waals surface area (Å²) in [5.74, 6) is -0.692. The fourth-order valence-electron chi connectivity index (χ4n) is 2.01. The predicted molar refractivity (Wildman–Crippen MR) is 81.6 cm³/mol. The maximum atomic E-state index is 13.9. The first-order valence-electron chi connectivity index (χ1n) is 7.37. The van der Waals surface area contributed by atoms with Crippen molar-refractivity contribution in [3.05, 3.63) is 29.6 Å². The maximum absolute atomic E-state index is 13.9. The normalized spacial score (nSPS) is 15.1. The molecule has 5 heteroatoms. The third kappa shape index (κ3) is 5.34. The zero-order valence-electron chi connectivity index (χ0n) is 13.2. The molecule has 0 aliphatic rings. The monoisotopic (exact) mass is 296 g/mol. The van der Waals surface area contributed by atoms with E-state index < -0.39 is 11.9 Å². The summed E-state index contributed by atoms with van der Waals surface area (Å²) in [5, 5.41) is 2.84. The molecule has 118 valence electrons. The van der Waals surface area contributed by atoms with Crippen LogP contribution in [0.4, 0.5) is 4.39 Å². The highest BCUT2D eigenvalue weighted by molar-refractivity contribution is 5.80. The molecule has 0 bridgehead atoms. The van der Waals surface area contributed by atoms with Crippen LogP contribution < -0.4 is 15.8 Å². The standard InChI is InChI=1S/C16H25FN2O2/c1-5-6-10(2)19-16(20)12(4)21-15-8-7-13(11(3)18)9-14(15)17/h7-12H,5-6,18H2,1-4H3,(H,19,20)/t10?,11-,12?/m0/s1. The smallest absolute Gasteiger partial charge is 0.260 e. The summed E-state index contributed by atoms with van der Waals surface area (Å²) in [6.07, 6.45) is 1.14. The molecule has 0 aliphatic carbocycles. The van der Waals surface area contributed by atoms with Crippen LogP contribution in [0.5, 0.6) is 5.75 Å². The van der Waals surface area contributed by atoms with Crippen molar-refractivity contribution in [1.29, 1.82) is 0 Å². The molecule has 3 atom stereocenters. The summed E-state index contributed by atoms with van der Waals surface area (Å²) < 4.78 is 19.3. The fraction of sp³-hybridized carbons (Fsp3) is 0.562. The average molecular weight is 296 g/mol. The lowest BCUT2D eigenvalue weighted by molar-refractivity contribution is -0.128. The Morgan fingerprint density at radius 2 is 2.05 bits per heavy atom. The lowest BCUT2D eigenvalue weighted by atomic mass is 10.1. The van der Waals surface area contributed by atoms with Crippen molar-refractivity contribution >= 4 is 5.91 Å². The van der Waals surface area contributed by atoms with Gasteiger partial charge in [0.2, 0.25) is 0 Å². The number of hydrogen-bond acceptors (Lipinski definition) is 3. The van der Waals surface area contributed by atoms with Crippen molar-refractivity contribution in [1.82, 2.24) is 5.32 Å². The van der Waals surface area contributed by atoms with E-state index in [0.717, 1.165) is 12.8 Å². The number of hydrogen-bond donors (Lipinski definition) is 2. The second-order valence-corrected chi connectivity index (χ2v) is 5.44. The topological polar surface area (TPSA) is 64.3 Å². The minimum absolute atomic E-state index is 0.0604. The van der Waals surface area contributed by atoms with Crippen LogP contribution in [0.15, 0.2) is 18.2 Å². The molecule has 0 spiro atoms. The predicted octanol–water partition coefficient (Wildman–Crippen LogP) is 2.92. The second-order valence-electron chi connectivity index (χ2n) is 5.44. The summed E-state index contributed by atoms with van der Waals surface area (Å²) in [4.78, 5) is 11.9. The number of amides is 1. The lowest BCUT2D eigenvalue weighted by Crippen LogP contribution is -2.41. The zero-order valence-corrected chi connectivity index (χ0v) is 13.2. The molecule has 1 amide bonds. The number of rotatable bonds is 7. The molecule has 4 nitrogen and oxygen atoms in total. The van der Waals surface area contributed by atoms with E-state index in [0.29, 0.717) is 5.56 Å². The van der Waals surface area contributed by atoms with E-state index >= 15 is 0 Å². The zero-order chi connectivity index (χ0) is 16.0. The molecule has 0 aromatic heterocycles. The Bertz CT molecular complexity index is 477. The minimum atomic E-state index is -0.750. The van der Waals surface area contributed by atoms with Gasteiger partial charge in [-0.15, -0.1) is 0 Å². The molecule has 0 saturated carbocycles. The van der Waals surface area contributed by atoms with Gasteiger partial charge in [-0.1, -0.05) is 19.4 Å². The van der Waals surface area contributed by atoms with Crippen molar-refractivity contribution < 1.29 is 13.9 Å². The summed E-state index contributed by atoms with van der Waals surface area (Å²) >= 11 is 0. The van der Waals surface area contributed by atoms with E-state index in [2.05, 4.69) is 12.2 Å². The van der Waals surface area contributed by atoms with Gasteiger partial charge in [-0.2, -0.15) is 0 Å². The number of ether oxygens (including phenoxy) is 1. The molecular weight excluding hydrogens is 271 g/mol. The molecule has 0 radical (unpaired) electrons. The van der Waals surface area contributed by atoms with E-state index in [1.54, 1.807) is 19.9 Å². The molecule has 0 aliphatic heterocycles. The van der Waals surface area contributed by atoms with Crippen molar-refractivity contribution in [2.24, 2.45) is 5.73 Å². The Hall–Kier alpha value is -1.62. The Balaban J connectivity index is 2.66. The van der Waals surface area contributed by atoms with Crippen LogP contribution in [0.3, 0.4) is 0 Å². The Labute approximate surface area is 125 Å². The molecule has 2 unspecified atom stereocenters. The number of carbonyl (C=O) groups is 1. The summed E-state index contributed by atoms with van der Waals surface area (Å²) in [7, 11) is 0. The Morgan fingerprint density at radius 3 is 2.57 bits per heavy atom. The SMILES string of the molecule is CCCC(C)NC(=O)C(C)Oc1ccc([C@H](C)N)cc1F. The molecule has 0 saturated heterocycles. The minimum Gasteiger partial charge on any atom is -0.478 e. The molecule has 1 aromatic carbocycles. The average Bonchev–Trinajstić information content (AvgIpc) is 2.40. The summed E-state index contributed by atoms with van der Waals surface area (Å²) in [6, 6.07) is 4.38. The number of nitrogens with two attached hydrogens (primary N) is 1. The maximum Gasteiger partial charge on any atom is 0.260 e. The van der Waals surface area contributed by atoms with Crippen LogP contribution in [0.25, 0.3) is 0 Å². The van der Waals surface area contributed by atoms with Crippen LogP contribution in [0, 0.1) is 5.82 Å². The van der Waals surface area contributed by atoms with Gasteiger partial charge in [0.1, 0.15) is 0 Å². The summed E-state index contributed by atoms with van der Waals surface area (Å²) in [6.45, 7) is 7.37.